The average Bonchev–Trinajstić information content (AvgIpc) is 2.93. The smallest absolute Gasteiger partial charge is 0.265 e. The van der Waals surface area contributed by atoms with Crippen molar-refractivity contribution >= 4 is 37.8 Å². The van der Waals surface area contributed by atoms with E-state index in [-0.39, 0.29) is 0 Å². The van der Waals surface area contributed by atoms with Crippen LogP contribution < -0.4 is 10.0 Å². The largest absolute Gasteiger partial charge is 0.310 e. The molecular weight excluding hydrogens is 328 g/mol. The SMILES string of the molecule is Cc1nnc(NS(=O)(=O)c2c(C)csc2CNC(C)C)s1. The highest BCUT2D eigenvalue weighted by Gasteiger charge is 2.24. The number of nitrogens with one attached hydrogen (secondary N) is 2. The Balaban J connectivity index is 2.28. The van der Waals surface area contributed by atoms with Crippen LogP contribution >= 0.6 is 22.7 Å². The molecule has 0 spiro atoms. The van der Waals surface area contributed by atoms with E-state index in [0.29, 0.717) is 22.6 Å². The van der Waals surface area contributed by atoms with Gasteiger partial charge < -0.3 is 5.32 Å². The molecule has 0 aromatic carbocycles. The molecular formula is C12H18N4O2S3. The maximum Gasteiger partial charge on any atom is 0.265 e. The van der Waals surface area contributed by atoms with Crippen LogP contribution in [0.4, 0.5) is 5.13 Å². The van der Waals surface area contributed by atoms with Gasteiger partial charge in [0.05, 0.1) is 0 Å². The monoisotopic (exact) mass is 346 g/mol. The molecule has 0 saturated carbocycles. The van der Waals surface area contributed by atoms with E-state index >= 15 is 0 Å². The topological polar surface area (TPSA) is 84.0 Å². The van der Waals surface area contributed by atoms with Gasteiger partial charge in [0.1, 0.15) is 9.90 Å². The van der Waals surface area contributed by atoms with Crippen molar-refractivity contribution in [1.29, 1.82) is 0 Å². The summed E-state index contributed by atoms with van der Waals surface area (Å²) >= 11 is 2.66. The number of sulfonamides is 1. The highest BCUT2D eigenvalue weighted by Crippen LogP contribution is 2.29. The Morgan fingerprint density at radius 3 is 2.57 bits per heavy atom. The second kappa shape index (κ2) is 6.39. The highest BCUT2D eigenvalue weighted by atomic mass is 32.2. The van der Waals surface area contributed by atoms with E-state index in [2.05, 4.69) is 20.2 Å². The maximum absolute atomic E-state index is 12.6. The predicted molar refractivity (Wildman–Crippen MR) is 86.5 cm³/mol. The van der Waals surface area contributed by atoms with Crippen molar-refractivity contribution in [2.45, 2.75) is 45.2 Å². The molecule has 0 bridgehead atoms. The fourth-order valence-electron chi connectivity index (χ4n) is 1.77. The minimum absolute atomic E-state index is 0.292. The Kier molecular flexibility index (Phi) is 4.97. The molecule has 6 nitrogen and oxygen atoms in total. The molecule has 2 heterocycles. The van der Waals surface area contributed by atoms with Gasteiger partial charge in [-0.25, -0.2) is 8.42 Å². The number of hydrogen-bond acceptors (Lipinski definition) is 7. The van der Waals surface area contributed by atoms with Crippen molar-refractivity contribution in [1.82, 2.24) is 15.5 Å². The van der Waals surface area contributed by atoms with Crippen molar-refractivity contribution in [3.05, 3.63) is 20.8 Å². The molecule has 0 aliphatic rings. The fourth-order valence-corrected chi connectivity index (χ4v) is 5.36. The highest BCUT2D eigenvalue weighted by molar-refractivity contribution is 7.93. The number of aromatic nitrogens is 2. The average molecular weight is 347 g/mol. The van der Waals surface area contributed by atoms with Gasteiger partial charge in [0.15, 0.2) is 0 Å². The molecule has 2 aromatic rings. The van der Waals surface area contributed by atoms with Crippen molar-refractivity contribution in [2.75, 3.05) is 4.72 Å². The lowest BCUT2D eigenvalue weighted by atomic mass is 10.3. The van der Waals surface area contributed by atoms with Crippen LogP contribution in [0.2, 0.25) is 0 Å². The van der Waals surface area contributed by atoms with Crippen molar-refractivity contribution in [2.24, 2.45) is 0 Å². The first-order chi connectivity index (χ1) is 9.79. The lowest BCUT2D eigenvalue weighted by molar-refractivity contribution is 0.581. The summed E-state index contributed by atoms with van der Waals surface area (Å²) in [5.41, 5.74) is 0.745. The van der Waals surface area contributed by atoms with Gasteiger partial charge in [-0.15, -0.1) is 21.5 Å². The molecule has 2 aromatic heterocycles. The molecule has 2 rings (SSSR count). The number of hydrogen-bond donors (Lipinski definition) is 2. The predicted octanol–water partition coefficient (Wildman–Crippen LogP) is 2.52. The first kappa shape index (κ1) is 16.3. The summed E-state index contributed by atoms with van der Waals surface area (Å²) < 4.78 is 27.6. The lowest BCUT2D eigenvalue weighted by Crippen LogP contribution is -2.23. The van der Waals surface area contributed by atoms with Gasteiger partial charge in [-0.3, -0.25) is 4.72 Å². The fraction of sp³-hybridized carbons (Fsp3) is 0.500. The summed E-state index contributed by atoms with van der Waals surface area (Å²) in [6, 6.07) is 0.293. The number of anilines is 1. The van der Waals surface area contributed by atoms with E-state index in [1.807, 2.05) is 19.2 Å². The minimum Gasteiger partial charge on any atom is -0.310 e. The summed E-state index contributed by atoms with van der Waals surface area (Å²) in [6.07, 6.45) is 0. The number of rotatable bonds is 6. The number of aryl methyl sites for hydroxylation is 2. The Morgan fingerprint density at radius 1 is 1.29 bits per heavy atom. The van der Waals surface area contributed by atoms with Gasteiger partial charge >= 0.3 is 0 Å². The first-order valence-electron chi connectivity index (χ1n) is 6.43. The third-order valence-electron chi connectivity index (χ3n) is 2.68. The van der Waals surface area contributed by atoms with Crippen molar-refractivity contribution < 1.29 is 8.42 Å². The zero-order chi connectivity index (χ0) is 15.6. The van der Waals surface area contributed by atoms with Crippen LogP contribution in [0.1, 0.15) is 29.3 Å². The Hall–Kier alpha value is -1.03. The normalized spacial score (nSPS) is 12.0. The first-order valence-corrected chi connectivity index (χ1v) is 9.61. The van der Waals surface area contributed by atoms with Gasteiger partial charge in [-0.1, -0.05) is 25.2 Å². The lowest BCUT2D eigenvalue weighted by Gasteiger charge is -2.10. The van der Waals surface area contributed by atoms with E-state index in [1.165, 1.54) is 22.7 Å². The third-order valence-corrected chi connectivity index (χ3v) is 6.36. The quantitative estimate of drug-likeness (QED) is 0.839. The van der Waals surface area contributed by atoms with Crippen LogP contribution in [-0.4, -0.2) is 24.7 Å². The molecule has 9 heteroatoms. The molecule has 0 radical (unpaired) electrons. The molecule has 0 saturated heterocycles. The van der Waals surface area contributed by atoms with Crippen LogP contribution in [0, 0.1) is 13.8 Å². The molecule has 116 valence electrons. The van der Waals surface area contributed by atoms with Crippen LogP contribution in [0.25, 0.3) is 0 Å². The van der Waals surface area contributed by atoms with Crippen LogP contribution in [0.3, 0.4) is 0 Å². The van der Waals surface area contributed by atoms with Gasteiger partial charge in [-0.05, 0) is 24.8 Å². The zero-order valence-corrected chi connectivity index (χ0v) is 14.7. The third kappa shape index (κ3) is 4.00. The maximum atomic E-state index is 12.6. The van der Waals surface area contributed by atoms with Gasteiger partial charge in [0.2, 0.25) is 5.13 Å². The second-order valence-corrected chi connectivity index (χ2v) is 8.70. The molecule has 2 N–H and O–H groups in total. The van der Waals surface area contributed by atoms with E-state index in [4.69, 9.17) is 0 Å². The van der Waals surface area contributed by atoms with Gasteiger partial charge in [-0.2, -0.15) is 0 Å². The second-order valence-electron chi connectivity index (χ2n) is 4.94. The molecule has 0 aliphatic carbocycles. The van der Waals surface area contributed by atoms with Crippen molar-refractivity contribution in [3.8, 4) is 0 Å². The van der Waals surface area contributed by atoms with Gasteiger partial charge in [0.25, 0.3) is 10.0 Å². The Labute approximate surface area is 132 Å². The van der Waals surface area contributed by atoms with E-state index in [0.717, 1.165) is 15.4 Å². The molecule has 0 fully saturated rings. The molecule has 0 amide bonds. The van der Waals surface area contributed by atoms with Crippen LogP contribution in [0.5, 0.6) is 0 Å². The van der Waals surface area contributed by atoms with E-state index < -0.39 is 10.0 Å². The Bertz CT molecular complexity index is 719. The summed E-state index contributed by atoms with van der Waals surface area (Å²) in [4.78, 5) is 1.14. The number of thiophene rings is 1. The molecule has 0 unspecified atom stereocenters. The van der Waals surface area contributed by atoms with E-state index in [9.17, 15) is 8.42 Å². The summed E-state index contributed by atoms with van der Waals surface area (Å²) in [5, 5.41) is 13.7. The number of nitrogens with zero attached hydrogens (tertiary/aromatic N) is 2. The zero-order valence-electron chi connectivity index (χ0n) is 12.3. The summed E-state index contributed by atoms with van der Waals surface area (Å²) in [6.45, 7) is 8.16. The van der Waals surface area contributed by atoms with E-state index in [1.54, 1.807) is 13.8 Å². The minimum atomic E-state index is -3.64. The molecule has 0 atom stereocenters. The van der Waals surface area contributed by atoms with Crippen LogP contribution in [0.15, 0.2) is 10.3 Å². The standard InChI is InChI=1S/C12H18N4O2S3/c1-7(2)13-5-10-11(8(3)6-19-10)21(17,18)16-12-15-14-9(4)20-12/h6-7,13H,5H2,1-4H3,(H,15,16). The summed E-state index contributed by atoms with van der Waals surface area (Å²) in [5.74, 6) is 0. The van der Waals surface area contributed by atoms with Crippen molar-refractivity contribution in [3.63, 3.8) is 0 Å². The molecule has 0 aliphatic heterocycles. The molecule has 21 heavy (non-hydrogen) atoms. The van der Waals surface area contributed by atoms with Crippen LogP contribution in [-0.2, 0) is 16.6 Å². The Morgan fingerprint density at radius 2 is 2.00 bits per heavy atom. The van der Waals surface area contributed by atoms with Gasteiger partial charge in [0, 0.05) is 17.5 Å². The summed E-state index contributed by atoms with van der Waals surface area (Å²) in [7, 11) is -3.64.